The van der Waals surface area contributed by atoms with Gasteiger partial charge in [0.25, 0.3) is 0 Å². The highest BCUT2D eigenvalue weighted by Crippen LogP contribution is 2.25. The molecule has 0 bridgehead atoms. The summed E-state index contributed by atoms with van der Waals surface area (Å²) in [5.74, 6) is 1.57. The molecule has 1 fully saturated rings. The van der Waals surface area contributed by atoms with E-state index in [0.29, 0.717) is 32.5 Å². The molecule has 2 amide bonds. The number of aromatic nitrogens is 3. The molecule has 0 saturated carbocycles. The molecule has 1 aliphatic heterocycles. The standard InChI is InChI=1S/C34H38FN5O2S/c1-25-11-17-30(18-12-25)40-31(22-27-8-4-3-5-9-27)36-37-34(40)43-21-7-6-10-32(41)38-19-20-39(26(2)24-38)33(42)23-28-13-15-29(35)16-14-28/h3-5,8-9,11-18,26H,6-7,10,19-24H2,1-2H3. The molecule has 1 aliphatic rings. The van der Waals surface area contributed by atoms with E-state index in [9.17, 15) is 14.0 Å². The summed E-state index contributed by atoms with van der Waals surface area (Å²) in [7, 11) is 0. The number of carbonyl (C=O) groups is 2. The molecule has 5 rings (SSSR count). The third-order valence-electron chi connectivity index (χ3n) is 7.78. The zero-order valence-corrected chi connectivity index (χ0v) is 25.6. The second-order valence-electron chi connectivity index (χ2n) is 11.1. The van der Waals surface area contributed by atoms with E-state index in [1.807, 2.05) is 34.9 Å². The Balaban J connectivity index is 1.10. The van der Waals surface area contributed by atoms with Crippen molar-refractivity contribution in [1.82, 2.24) is 24.6 Å². The van der Waals surface area contributed by atoms with Crippen LogP contribution in [-0.4, -0.2) is 67.8 Å². The number of hydrogen-bond acceptors (Lipinski definition) is 5. The minimum Gasteiger partial charge on any atom is -0.339 e. The molecule has 0 radical (unpaired) electrons. The Bertz CT molecular complexity index is 1510. The normalized spacial score (nSPS) is 15.1. The molecule has 4 aromatic rings. The molecule has 1 saturated heterocycles. The average molecular weight is 600 g/mol. The lowest BCUT2D eigenvalue weighted by atomic mass is 10.1. The lowest BCUT2D eigenvalue weighted by Crippen LogP contribution is -2.55. The van der Waals surface area contributed by atoms with Crippen LogP contribution >= 0.6 is 11.8 Å². The number of amides is 2. The van der Waals surface area contributed by atoms with E-state index in [1.54, 1.807) is 23.9 Å². The minimum absolute atomic E-state index is 0.00801. The van der Waals surface area contributed by atoms with Crippen LogP contribution in [0, 0.1) is 12.7 Å². The molecule has 7 nitrogen and oxygen atoms in total. The fourth-order valence-corrected chi connectivity index (χ4v) is 6.34. The number of halogens is 1. The predicted molar refractivity (Wildman–Crippen MR) is 168 cm³/mol. The Kier molecular flexibility index (Phi) is 10.3. The van der Waals surface area contributed by atoms with Crippen LogP contribution in [0.1, 0.15) is 48.7 Å². The van der Waals surface area contributed by atoms with Crippen LogP contribution in [0.3, 0.4) is 0 Å². The SMILES string of the molecule is Cc1ccc(-n2c(Cc3ccccc3)nnc2SCCCCC(=O)N2CCN(C(=O)Cc3ccc(F)cc3)C(C)C2)cc1. The van der Waals surface area contributed by atoms with Crippen molar-refractivity contribution in [2.75, 3.05) is 25.4 Å². The maximum atomic E-state index is 13.2. The first-order chi connectivity index (χ1) is 20.9. The number of carbonyl (C=O) groups excluding carboxylic acids is 2. The molecule has 0 N–H and O–H groups in total. The smallest absolute Gasteiger partial charge is 0.227 e. The molecule has 3 aromatic carbocycles. The molecule has 9 heteroatoms. The Morgan fingerprint density at radius 1 is 0.884 bits per heavy atom. The number of benzene rings is 3. The van der Waals surface area contributed by atoms with E-state index >= 15 is 0 Å². The largest absolute Gasteiger partial charge is 0.339 e. The van der Waals surface area contributed by atoms with E-state index in [0.717, 1.165) is 40.8 Å². The number of aryl methyl sites for hydroxylation is 1. The van der Waals surface area contributed by atoms with Crippen molar-refractivity contribution in [2.45, 2.75) is 57.1 Å². The van der Waals surface area contributed by atoms with E-state index in [-0.39, 0.29) is 30.1 Å². The summed E-state index contributed by atoms with van der Waals surface area (Å²) >= 11 is 1.67. The summed E-state index contributed by atoms with van der Waals surface area (Å²) in [6.45, 7) is 5.65. The van der Waals surface area contributed by atoms with Gasteiger partial charge in [-0.05, 0) is 62.1 Å². The number of rotatable bonds is 11. The first kappa shape index (κ1) is 30.5. The highest BCUT2D eigenvalue weighted by molar-refractivity contribution is 7.99. The Labute approximate surface area is 257 Å². The summed E-state index contributed by atoms with van der Waals surface area (Å²) in [6, 6.07) is 24.7. The highest BCUT2D eigenvalue weighted by Gasteiger charge is 2.29. The van der Waals surface area contributed by atoms with Crippen molar-refractivity contribution in [1.29, 1.82) is 0 Å². The molecule has 224 valence electrons. The van der Waals surface area contributed by atoms with E-state index < -0.39 is 0 Å². The summed E-state index contributed by atoms with van der Waals surface area (Å²) < 4.78 is 15.3. The minimum atomic E-state index is -0.311. The van der Waals surface area contributed by atoms with Crippen LogP contribution in [-0.2, 0) is 22.4 Å². The van der Waals surface area contributed by atoms with E-state index in [1.165, 1.54) is 23.3 Å². The average Bonchev–Trinajstić information content (AvgIpc) is 3.40. The molecular formula is C34H38FN5O2S. The van der Waals surface area contributed by atoms with Crippen molar-refractivity contribution in [3.8, 4) is 5.69 Å². The first-order valence-electron chi connectivity index (χ1n) is 14.9. The van der Waals surface area contributed by atoms with Crippen LogP contribution < -0.4 is 0 Å². The van der Waals surface area contributed by atoms with Crippen LogP contribution in [0.2, 0.25) is 0 Å². The first-order valence-corrected chi connectivity index (χ1v) is 15.9. The lowest BCUT2D eigenvalue weighted by Gasteiger charge is -2.40. The van der Waals surface area contributed by atoms with Gasteiger partial charge in [-0.3, -0.25) is 14.2 Å². The Morgan fingerprint density at radius 3 is 2.35 bits per heavy atom. The van der Waals surface area contributed by atoms with Gasteiger partial charge in [0.05, 0.1) is 6.42 Å². The third kappa shape index (κ3) is 8.10. The zero-order valence-electron chi connectivity index (χ0n) is 24.8. The number of nitrogens with zero attached hydrogens (tertiary/aromatic N) is 5. The number of hydrogen-bond donors (Lipinski definition) is 0. The maximum absolute atomic E-state index is 13.2. The van der Waals surface area contributed by atoms with Gasteiger partial charge in [0.15, 0.2) is 5.16 Å². The zero-order chi connectivity index (χ0) is 30.2. The molecule has 0 aliphatic carbocycles. The molecule has 1 atom stereocenters. The Morgan fingerprint density at radius 2 is 1.63 bits per heavy atom. The molecule has 2 heterocycles. The number of thioether (sulfide) groups is 1. The molecular weight excluding hydrogens is 561 g/mol. The summed E-state index contributed by atoms with van der Waals surface area (Å²) in [5.41, 5.74) is 4.22. The van der Waals surface area contributed by atoms with Gasteiger partial charge in [-0.1, -0.05) is 71.9 Å². The van der Waals surface area contributed by atoms with Crippen LogP contribution in [0.4, 0.5) is 4.39 Å². The topological polar surface area (TPSA) is 71.3 Å². The maximum Gasteiger partial charge on any atom is 0.227 e. The Hall–Kier alpha value is -3.98. The summed E-state index contributed by atoms with van der Waals surface area (Å²) in [6.07, 6.45) is 3.10. The van der Waals surface area contributed by atoms with Crippen molar-refractivity contribution in [3.63, 3.8) is 0 Å². The van der Waals surface area contributed by atoms with Gasteiger partial charge in [-0.2, -0.15) is 0 Å². The van der Waals surface area contributed by atoms with Gasteiger partial charge >= 0.3 is 0 Å². The van der Waals surface area contributed by atoms with Gasteiger partial charge in [0.2, 0.25) is 11.8 Å². The second-order valence-corrected chi connectivity index (χ2v) is 12.2. The monoisotopic (exact) mass is 599 g/mol. The predicted octanol–water partition coefficient (Wildman–Crippen LogP) is 5.87. The van der Waals surface area contributed by atoms with Crippen LogP contribution in [0.25, 0.3) is 5.69 Å². The van der Waals surface area contributed by atoms with E-state index in [4.69, 9.17) is 0 Å². The van der Waals surface area contributed by atoms with Crippen LogP contribution in [0.15, 0.2) is 84.0 Å². The molecule has 1 unspecified atom stereocenters. The van der Waals surface area contributed by atoms with Crippen molar-refractivity contribution in [3.05, 3.63) is 107 Å². The number of piperazine rings is 1. The quantitative estimate of drug-likeness (QED) is 0.159. The van der Waals surface area contributed by atoms with Crippen molar-refractivity contribution < 1.29 is 14.0 Å². The van der Waals surface area contributed by atoms with Gasteiger partial charge in [-0.25, -0.2) is 4.39 Å². The van der Waals surface area contributed by atoms with Gasteiger partial charge in [0.1, 0.15) is 11.6 Å². The summed E-state index contributed by atoms with van der Waals surface area (Å²) in [5, 5.41) is 9.93. The fourth-order valence-electron chi connectivity index (χ4n) is 5.37. The highest BCUT2D eigenvalue weighted by atomic mass is 32.2. The number of unbranched alkanes of at least 4 members (excludes halogenated alkanes) is 1. The summed E-state index contributed by atoms with van der Waals surface area (Å²) in [4.78, 5) is 29.5. The van der Waals surface area contributed by atoms with Crippen LogP contribution in [0.5, 0.6) is 0 Å². The van der Waals surface area contributed by atoms with E-state index in [2.05, 4.69) is 58.1 Å². The van der Waals surface area contributed by atoms with Crippen molar-refractivity contribution in [2.24, 2.45) is 0 Å². The third-order valence-corrected chi connectivity index (χ3v) is 8.80. The lowest BCUT2D eigenvalue weighted by molar-refractivity contribution is -0.142. The molecule has 0 spiro atoms. The van der Waals surface area contributed by atoms with Crippen molar-refractivity contribution >= 4 is 23.6 Å². The van der Waals surface area contributed by atoms with Gasteiger partial charge < -0.3 is 9.80 Å². The molecule has 1 aromatic heterocycles. The van der Waals surface area contributed by atoms with Gasteiger partial charge in [0, 0.05) is 50.0 Å². The second kappa shape index (κ2) is 14.5. The van der Waals surface area contributed by atoms with Gasteiger partial charge in [-0.15, -0.1) is 10.2 Å². The fraction of sp³-hybridized carbons (Fsp3) is 0.353. The molecule has 43 heavy (non-hydrogen) atoms.